The molecule has 10 nitrogen and oxygen atoms in total. The molecular weight excluding hydrogens is 473 g/mol. The fourth-order valence-corrected chi connectivity index (χ4v) is 3.18. The molecule has 1 aliphatic heterocycles. The first-order chi connectivity index (χ1) is 16.2. The molecule has 0 aromatic heterocycles. The van der Waals surface area contributed by atoms with Crippen LogP contribution < -0.4 is 20.1 Å². The second kappa shape index (κ2) is 10.7. The molecule has 0 spiro atoms. The Hall–Kier alpha value is -4.12. The molecule has 0 unspecified atom stereocenters. The zero-order chi connectivity index (χ0) is 24.8. The number of ether oxygens (including phenoxy) is 3. The predicted molar refractivity (Wildman–Crippen MR) is 119 cm³/mol. The number of anilines is 1. The molecule has 0 bridgehead atoms. The number of rotatable bonds is 8. The second-order valence-corrected chi connectivity index (χ2v) is 7.24. The number of carbonyl (C=O) groups is 4. The fraction of sp³-hybridized carbons (Fsp3) is 0.182. The molecule has 0 saturated carbocycles. The van der Waals surface area contributed by atoms with Crippen LogP contribution in [-0.2, 0) is 19.1 Å². The summed E-state index contributed by atoms with van der Waals surface area (Å²) >= 11 is 6.29. The lowest BCUT2D eigenvalue weighted by atomic mass is 10.1. The zero-order valence-corrected chi connectivity index (χ0v) is 18.8. The molecule has 3 rings (SSSR count). The Morgan fingerprint density at radius 3 is 2.53 bits per heavy atom. The molecule has 1 heterocycles. The lowest BCUT2D eigenvalue weighted by molar-refractivity contribution is -0.143. The van der Waals surface area contributed by atoms with Gasteiger partial charge in [-0.25, -0.2) is 14.1 Å². The van der Waals surface area contributed by atoms with Gasteiger partial charge >= 0.3 is 12.0 Å². The van der Waals surface area contributed by atoms with Crippen molar-refractivity contribution in [3.63, 3.8) is 0 Å². The minimum Gasteiger partial charge on any atom is -0.493 e. The van der Waals surface area contributed by atoms with Gasteiger partial charge in [-0.2, -0.15) is 0 Å². The summed E-state index contributed by atoms with van der Waals surface area (Å²) in [5.41, 5.74) is 0.687. The van der Waals surface area contributed by atoms with E-state index in [-0.39, 0.29) is 22.2 Å². The van der Waals surface area contributed by atoms with Crippen molar-refractivity contribution in [2.24, 2.45) is 0 Å². The molecule has 2 aromatic rings. The van der Waals surface area contributed by atoms with E-state index in [0.29, 0.717) is 16.2 Å². The summed E-state index contributed by atoms with van der Waals surface area (Å²) in [5, 5.41) is 4.99. The van der Waals surface area contributed by atoms with Gasteiger partial charge < -0.3 is 24.8 Å². The number of nitrogens with one attached hydrogen (secondary N) is 2. The van der Waals surface area contributed by atoms with Crippen molar-refractivity contribution >= 4 is 47.2 Å². The van der Waals surface area contributed by atoms with Crippen LogP contribution in [0.5, 0.6) is 11.5 Å². The van der Waals surface area contributed by atoms with E-state index in [1.807, 2.05) is 0 Å². The molecule has 0 radical (unpaired) electrons. The molecule has 0 aliphatic carbocycles. The summed E-state index contributed by atoms with van der Waals surface area (Å²) in [7, 11) is 2.50. The van der Waals surface area contributed by atoms with Gasteiger partial charge in [0.05, 0.1) is 19.2 Å². The number of hydrogen-bond acceptors (Lipinski definition) is 7. The molecule has 1 fully saturated rings. The molecule has 34 heavy (non-hydrogen) atoms. The van der Waals surface area contributed by atoms with E-state index in [1.54, 1.807) is 0 Å². The number of nitrogens with zero attached hydrogens (tertiary/aromatic N) is 1. The summed E-state index contributed by atoms with van der Waals surface area (Å²) in [6.07, 6.45) is 1.34. The van der Waals surface area contributed by atoms with E-state index in [1.165, 1.54) is 49.6 Å². The average Bonchev–Trinajstić information content (AvgIpc) is 3.06. The van der Waals surface area contributed by atoms with Gasteiger partial charge in [-0.1, -0.05) is 11.6 Å². The summed E-state index contributed by atoms with van der Waals surface area (Å²) in [6, 6.07) is 7.36. The van der Waals surface area contributed by atoms with Gasteiger partial charge in [-0.05, 0) is 48.0 Å². The molecule has 12 heteroatoms. The van der Waals surface area contributed by atoms with Crippen molar-refractivity contribution in [1.29, 1.82) is 0 Å². The first kappa shape index (κ1) is 24.5. The highest BCUT2D eigenvalue weighted by atomic mass is 35.5. The maximum absolute atomic E-state index is 13.0. The van der Waals surface area contributed by atoms with Gasteiger partial charge in [0.15, 0.2) is 18.1 Å². The van der Waals surface area contributed by atoms with E-state index in [9.17, 15) is 23.6 Å². The minimum atomic E-state index is -0.771. The minimum absolute atomic E-state index is 0.0731. The van der Waals surface area contributed by atoms with Crippen molar-refractivity contribution in [3.8, 4) is 11.5 Å². The molecule has 4 amide bonds. The van der Waals surface area contributed by atoms with Gasteiger partial charge in [-0.15, -0.1) is 0 Å². The normalized spacial score (nSPS) is 14.1. The standard InChI is InChI=1S/C22H19ClFN3O7/c1-32-17-9-12(8-16-21(30)27(22(31)26-16)10-19(29)33-2)7-15(23)20(17)34-11-18(28)25-14-5-3-13(24)4-6-14/h3-9H,10-11H2,1-2H3,(H,25,28)(H,26,31)/b16-8+. The SMILES string of the molecule is COC(=O)CN1C(=O)N/C(=C/c2cc(Cl)c(OCC(=O)Nc3ccc(F)cc3)c(OC)c2)C1=O. The first-order valence-electron chi connectivity index (χ1n) is 9.69. The second-order valence-electron chi connectivity index (χ2n) is 6.83. The van der Waals surface area contributed by atoms with Gasteiger partial charge in [0.2, 0.25) is 0 Å². The van der Waals surface area contributed by atoms with Crippen molar-refractivity contribution < 1.29 is 37.8 Å². The highest BCUT2D eigenvalue weighted by molar-refractivity contribution is 6.32. The molecule has 2 N–H and O–H groups in total. The van der Waals surface area contributed by atoms with Crippen molar-refractivity contribution in [1.82, 2.24) is 10.2 Å². The van der Waals surface area contributed by atoms with Gasteiger partial charge in [-0.3, -0.25) is 14.4 Å². The maximum Gasteiger partial charge on any atom is 0.329 e. The van der Waals surface area contributed by atoms with Crippen LogP contribution in [0.3, 0.4) is 0 Å². The molecular formula is C22H19ClFN3O7. The maximum atomic E-state index is 13.0. The third-order valence-electron chi connectivity index (χ3n) is 4.52. The summed E-state index contributed by atoms with van der Waals surface area (Å²) in [6.45, 7) is -0.944. The monoisotopic (exact) mass is 491 g/mol. The number of methoxy groups -OCH3 is 2. The number of urea groups is 1. The lowest BCUT2D eigenvalue weighted by Crippen LogP contribution is -2.36. The number of carbonyl (C=O) groups excluding carboxylic acids is 4. The number of benzene rings is 2. The third-order valence-corrected chi connectivity index (χ3v) is 4.80. The van der Waals surface area contributed by atoms with Crippen LogP contribution in [0.4, 0.5) is 14.9 Å². The van der Waals surface area contributed by atoms with Crippen LogP contribution in [0.2, 0.25) is 5.02 Å². The quantitative estimate of drug-likeness (QED) is 0.330. The lowest BCUT2D eigenvalue weighted by Gasteiger charge is -2.13. The van der Waals surface area contributed by atoms with E-state index in [4.69, 9.17) is 21.1 Å². The Balaban J connectivity index is 1.72. The molecule has 178 valence electrons. The van der Waals surface area contributed by atoms with Crippen LogP contribution >= 0.6 is 11.6 Å². The largest absolute Gasteiger partial charge is 0.493 e. The van der Waals surface area contributed by atoms with E-state index >= 15 is 0 Å². The summed E-state index contributed by atoms with van der Waals surface area (Å²) in [4.78, 5) is 48.7. The number of imide groups is 1. The number of esters is 1. The smallest absolute Gasteiger partial charge is 0.329 e. The summed E-state index contributed by atoms with van der Waals surface area (Å²) < 4.78 is 28.2. The Morgan fingerprint density at radius 1 is 1.18 bits per heavy atom. The van der Waals surface area contributed by atoms with E-state index in [2.05, 4.69) is 15.4 Å². The van der Waals surface area contributed by atoms with Gasteiger partial charge in [0.25, 0.3) is 11.8 Å². The van der Waals surface area contributed by atoms with Crippen LogP contribution in [0, 0.1) is 5.82 Å². The van der Waals surface area contributed by atoms with E-state index in [0.717, 1.165) is 7.11 Å². The van der Waals surface area contributed by atoms with Crippen LogP contribution in [0.25, 0.3) is 6.08 Å². The number of hydrogen-bond donors (Lipinski definition) is 2. The molecule has 1 aliphatic rings. The molecule has 2 aromatic carbocycles. The van der Waals surface area contributed by atoms with Crippen LogP contribution in [0.15, 0.2) is 42.1 Å². The Morgan fingerprint density at radius 2 is 1.88 bits per heavy atom. The average molecular weight is 492 g/mol. The number of halogens is 2. The molecule has 0 atom stereocenters. The fourth-order valence-electron chi connectivity index (χ4n) is 2.91. The highest BCUT2D eigenvalue weighted by Gasteiger charge is 2.35. The Labute approximate surface area is 198 Å². The molecule has 1 saturated heterocycles. The predicted octanol–water partition coefficient (Wildman–Crippen LogP) is 2.57. The van der Waals surface area contributed by atoms with Crippen molar-refractivity contribution in [2.75, 3.05) is 32.7 Å². The zero-order valence-electron chi connectivity index (χ0n) is 18.0. The third kappa shape index (κ3) is 5.81. The van der Waals surface area contributed by atoms with Crippen LogP contribution in [-0.4, -0.2) is 56.1 Å². The van der Waals surface area contributed by atoms with Crippen molar-refractivity contribution in [3.05, 3.63) is 58.5 Å². The topological polar surface area (TPSA) is 123 Å². The van der Waals surface area contributed by atoms with E-state index < -0.39 is 42.8 Å². The summed E-state index contributed by atoms with van der Waals surface area (Å²) in [5.74, 6) is -2.17. The van der Waals surface area contributed by atoms with Gasteiger partial charge in [0.1, 0.15) is 18.1 Å². The van der Waals surface area contributed by atoms with Crippen molar-refractivity contribution in [2.45, 2.75) is 0 Å². The Kier molecular flexibility index (Phi) is 7.69. The Bertz CT molecular complexity index is 1170. The number of amides is 4. The highest BCUT2D eigenvalue weighted by Crippen LogP contribution is 2.37. The van der Waals surface area contributed by atoms with Crippen LogP contribution in [0.1, 0.15) is 5.56 Å². The first-order valence-corrected chi connectivity index (χ1v) is 10.1. The van der Waals surface area contributed by atoms with Gasteiger partial charge in [0, 0.05) is 5.69 Å².